The first-order valence-electron chi connectivity index (χ1n) is 6.41. The lowest BCUT2D eigenvalue weighted by Crippen LogP contribution is -2.11. The van der Waals surface area contributed by atoms with Crippen LogP contribution < -0.4 is 0 Å². The number of aromatic nitrogens is 2. The van der Waals surface area contributed by atoms with E-state index in [0.29, 0.717) is 18.7 Å². The number of hydrogen-bond acceptors (Lipinski definition) is 4. The fourth-order valence-corrected chi connectivity index (χ4v) is 3.39. The Balaban J connectivity index is 2.54. The Labute approximate surface area is 130 Å². The number of halogens is 1. The number of hydrogen-bond donors (Lipinski definition) is 1. The van der Waals surface area contributed by atoms with Gasteiger partial charge in [-0.05, 0) is 40.9 Å². The lowest BCUT2D eigenvalue weighted by Gasteiger charge is -2.11. The number of rotatable bonds is 5. The molecule has 6 heteroatoms. The number of nitrogens with zero attached hydrogens (tertiary/aromatic N) is 2. The molecule has 0 aliphatic heterocycles. The van der Waals surface area contributed by atoms with Gasteiger partial charge in [0.05, 0.1) is 15.1 Å². The van der Waals surface area contributed by atoms with Gasteiger partial charge in [-0.2, -0.15) is 0 Å². The van der Waals surface area contributed by atoms with E-state index in [1.54, 1.807) is 11.3 Å². The molecule has 0 aliphatic rings. The van der Waals surface area contributed by atoms with Gasteiger partial charge in [0.2, 0.25) is 0 Å². The lowest BCUT2D eigenvalue weighted by molar-refractivity contribution is -0.136. The molecular formula is C14H15BrN2O2S. The largest absolute Gasteiger partial charge is 0.481 e. The molecule has 0 fully saturated rings. The van der Waals surface area contributed by atoms with Gasteiger partial charge in [0, 0.05) is 17.0 Å². The molecule has 106 valence electrons. The highest BCUT2D eigenvalue weighted by Gasteiger charge is 2.16. The molecule has 0 saturated carbocycles. The Bertz CT molecular complexity index is 615. The molecule has 0 atom stereocenters. The molecule has 0 saturated heterocycles. The quantitative estimate of drug-likeness (QED) is 0.888. The summed E-state index contributed by atoms with van der Waals surface area (Å²) < 4.78 is 1.03. The monoisotopic (exact) mass is 354 g/mol. The number of aryl methyl sites for hydroxylation is 2. The van der Waals surface area contributed by atoms with E-state index in [0.717, 1.165) is 25.6 Å². The second-order valence-electron chi connectivity index (χ2n) is 4.30. The highest BCUT2D eigenvalue weighted by Crippen LogP contribution is 2.30. The molecule has 2 aromatic rings. The normalized spacial score (nSPS) is 10.8. The molecular weight excluding hydrogens is 340 g/mol. The van der Waals surface area contributed by atoms with Crippen LogP contribution in [-0.4, -0.2) is 21.0 Å². The molecule has 20 heavy (non-hydrogen) atoms. The molecule has 2 aromatic heterocycles. The minimum atomic E-state index is -0.843. The van der Waals surface area contributed by atoms with E-state index in [2.05, 4.69) is 25.9 Å². The Morgan fingerprint density at radius 2 is 1.85 bits per heavy atom. The molecule has 0 amide bonds. The third kappa shape index (κ3) is 3.24. The summed E-state index contributed by atoms with van der Waals surface area (Å²) in [6.07, 6.45) is 1.40. The number of carboxylic acid groups (broad SMARTS) is 1. The van der Waals surface area contributed by atoms with Crippen molar-refractivity contribution in [3.8, 4) is 10.7 Å². The number of thiophene rings is 1. The zero-order valence-electron chi connectivity index (χ0n) is 11.3. The second kappa shape index (κ2) is 6.45. The van der Waals surface area contributed by atoms with E-state index < -0.39 is 5.97 Å². The Hall–Kier alpha value is -1.27. The van der Waals surface area contributed by atoms with E-state index in [-0.39, 0.29) is 6.42 Å². The van der Waals surface area contributed by atoms with Gasteiger partial charge in [0.25, 0.3) is 0 Å². The topological polar surface area (TPSA) is 63.1 Å². The summed E-state index contributed by atoms with van der Waals surface area (Å²) in [5.74, 6) is -0.159. The Kier molecular flexibility index (Phi) is 4.88. The zero-order valence-corrected chi connectivity index (χ0v) is 13.7. The van der Waals surface area contributed by atoms with Crippen LogP contribution in [0, 0.1) is 0 Å². The first-order chi connectivity index (χ1) is 9.55. The first-order valence-corrected chi connectivity index (χ1v) is 8.02. The maximum Gasteiger partial charge on any atom is 0.307 e. The smallest absolute Gasteiger partial charge is 0.307 e. The molecule has 2 heterocycles. The van der Waals surface area contributed by atoms with Gasteiger partial charge in [0.15, 0.2) is 5.82 Å². The third-order valence-electron chi connectivity index (χ3n) is 2.97. The number of aliphatic carboxylic acids is 1. The standard InChI is InChI=1S/C14H15BrN2O2S/c1-3-9-8(7-13(18)19)10(4-2)17-14(16-9)11-5-6-12(15)20-11/h5-6H,3-4,7H2,1-2H3,(H,18,19). The predicted octanol–water partition coefficient (Wildman–Crippen LogP) is 3.72. The predicted molar refractivity (Wildman–Crippen MR) is 83.1 cm³/mol. The van der Waals surface area contributed by atoms with Crippen LogP contribution in [-0.2, 0) is 24.1 Å². The summed E-state index contributed by atoms with van der Waals surface area (Å²) in [4.78, 5) is 21.1. The van der Waals surface area contributed by atoms with Crippen LogP contribution in [0.4, 0.5) is 0 Å². The van der Waals surface area contributed by atoms with Crippen molar-refractivity contribution >= 4 is 33.2 Å². The molecule has 0 radical (unpaired) electrons. The van der Waals surface area contributed by atoms with Crippen LogP contribution in [0.3, 0.4) is 0 Å². The zero-order chi connectivity index (χ0) is 14.7. The van der Waals surface area contributed by atoms with Crippen LogP contribution in [0.25, 0.3) is 10.7 Å². The molecule has 0 bridgehead atoms. The van der Waals surface area contributed by atoms with Crippen LogP contribution >= 0.6 is 27.3 Å². The van der Waals surface area contributed by atoms with Crippen molar-refractivity contribution in [2.45, 2.75) is 33.1 Å². The minimum absolute atomic E-state index is 0.0131. The van der Waals surface area contributed by atoms with Crippen molar-refractivity contribution in [1.82, 2.24) is 9.97 Å². The van der Waals surface area contributed by atoms with E-state index in [9.17, 15) is 4.79 Å². The molecule has 2 rings (SSSR count). The molecule has 0 aromatic carbocycles. The average molecular weight is 355 g/mol. The van der Waals surface area contributed by atoms with Crippen LogP contribution in [0.5, 0.6) is 0 Å². The SMILES string of the molecule is CCc1nc(-c2ccc(Br)s2)nc(CC)c1CC(=O)O. The number of carboxylic acids is 1. The van der Waals surface area contributed by atoms with E-state index >= 15 is 0 Å². The Morgan fingerprint density at radius 3 is 2.25 bits per heavy atom. The van der Waals surface area contributed by atoms with Gasteiger partial charge >= 0.3 is 5.97 Å². The lowest BCUT2D eigenvalue weighted by atomic mass is 10.0. The summed E-state index contributed by atoms with van der Waals surface area (Å²) in [7, 11) is 0. The van der Waals surface area contributed by atoms with Crippen molar-refractivity contribution in [2.24, 2.45) is 0 Å². The van der Waals surface area contributed by atoms with Crippen LogP contribution in [0.1, 0.15) is 30.8 Å². The molecule has 0 spiro atoms. The summed E-state index contributed by atoms with van der Waals surface area (Å²) >= 11 is 5.01. The van der Waals surface area contributed by atoms with Gasteiger partial charge in [0.1, 0.15) is 0 Å². The van der Waals surface area contributed by atoms with Crippen LogP contribution in [0.2, 0.25) is 0 Å². The Morgan fingerprint density at radius 1 is 1.25 bits per heavy atom. The number of carbonyl (C=O) groups is 1. The minimum Gasteiger partial charge on any atom is -0.481 e. The van der Waals surface area contributed by atoms with Gasteiger partial charge in [-0.1, -0.05) is 13.8 Å². The summed E-state index contributed by atoms with van der Waals surface area (Å²) in [6.45, 7) is 3.97. The fourth-order valence-electron chi connectivity index (χ4n) is 2.07. The van der Waals surface area contributed by atoms with Gasteiger partial charge < -0.3 is 5.11 Å². The first kappa shape index (κ1) is 15.1. The van der Waals surface area contributed by atoms with Gasteiger partial charge in [-0.25, -0.2) is 9.97 Å². The molecule has 4 nitrogen and oxygen atoms in total. The highest BCUT2D eigenvalue weighted by molar-refractivity contribution is 9.11. The van der Waals surface area contributed by atoms with E-state index in [1.807, 2.05) is 26.0 Å². The second-order valence-corrected chi connectivity index (χ2v) is 6.76. The van der Waals surface area contributed by atoms with Crippen molar-refractivity contribution in [2.75, 3.05) is 0 Å². The molecule has 1 N–H and O–H groups in total. The van der Waals surface area contributed by atoms with Gasteiger partial charge in [-0.3, -0.25) is 4.79 Å². The third-order valence-corrected chi connectivity index (χ3v) is 4.59. The summed E-state index contributed by atoms with van der Waals surface area (Å²) in [6, 6.07) is 3.94. The maximum atomic E-state index is 11.0. The van der Waals surface area contributed by atoms with Crippen molar-refractivity contribution in [1.29, 1.82) is 0 Å². The van der Waals surface area contributed by atoms with E-state index in [4.69, 9.17) is 5.11 Å². The van der Waals surface area contributed by atoms with Crippen molar-refractivity contribution in [3.05, 3.63) is 32.9 Å². The van der Waals surface area contributed by atoms with Crippen molar-refractivity contribution in [3.63, 3.8) is 0 Å². The molecule has 0 unspecified atom stereocenters. The molecule has 0 aliphatic carbocycles. The highest BCUT2D eigenvalue weighted by atomic mass is 79.9. The van der Waals surface area contributed by atoms with Gasteiger partial charge in [-0.15, -0.1) is 11.3 Å². The van der Waals surface area contributed by atoms with Crippen molar-refractivity contribution < 1.29 is 9.90 Å². The average Bonchev–Trinajstić information content (AvgIpc) is 2.85. The summed E-state index contributed by atoms with van der Waals surface area (Å²) in [5.41, 5.74) is 2.43. The summed E-state index contributed by atoms with van der Waals surface area (Å²) in [5, 5.41) is 9.04. The van der Waals surface area contributed by atoms with E-state index in [1.165, 1.54) is 0 Å². The van der Waals surface area contributed by atoms with Crippen LogP contribution in [0.15, 0.2) is 15.9 Å². The fraction of sp³-hybridized carbons (Fsp3) is 0.357. The maximum absolute atomic E-state index is 11.0.